The van der Waals surface area contributed by atoms with E-state index in [9.17, 15) is 14.0 Å². The van der Waals surface area contributed by atoms with Crippen LogP contribution in [0, 0.1) is 12.7 Å². The molecule has 1 aromatic heterocycles. The first kappa shape index (κ1) is 18.0. The van der Waals surface area contributed by atoms with Gasteiger partial charge in [-0.3, -0.25) is 9.59 Å². The van der Waals surface area contributed by atoms with Gasteiger partial charge in [-0.15, -0.1) is 0 Å². The highest BCUT2D eigenvalue weighted by Gasteiger charge is 2.26. The van der Waals surface area contributed by atoms with Crippen LogP contribution in [0.3, 0.4) is 0 Å². The number of aromatic nitrogens is 1. The third kappa shape index (κ3) is 3.18. The third-order valence-corrected chi connectivity index (χ3v) is 4.48. The molecule has 0 radical (unpaired) electrons. The van der Waals surface area contributed by atoms with E-state index in [2.05, 4.69) is 15.8 Å². The van der Waals surface area contributed by atoms with E-state index in [1.54, 1.807) is 25.1 Å². The molecule has 3 aromatic rings. The highest BCUT2D eigenvalue weighted by atomic mass is 35.5. The highest BCUT2D eigenvalue weighted by Crippen LogP contribution is 2.35. The van der Waals surface area contributed by atoms with Crippen molar-refractivity contribution in [2.45, 2.75) is 6.92 Å². The fourth-order valence-electron chi connectivity index (χ4n) is 2.88. The van der Waals surface area contributed by atoms with Crippen molar-refractivity contribution in [1.82, 2.24) is 5.16 Å². The maximum absolute atomic E-state index is 14.3. The van der Waals surface area contributed by atoms with Crippen LogP contribution >= 0.6 is 11.6 Å². The minimum atomic E-state index is -0.618. The monoisotopic (exact) mass is 401 g/mol. The Labute approximate surface area is 163 Å². The molecule has 0 saturated heterocycles. The average Bonchev–Trinajstić information content (AvgIpc) is 3.03. The van der Waals surface area contributed by atoms with Crippen molar-refractivity contribution >= 4 is 34.8 Å². The standard InChI is InChI=1S/C19H13ClFN3O4/c1-9-16(18(24-28-9)17-11(20)3-2-4-12(17)21)19(26)22-10-5-6-13-14(7-10)27-8-15(25)23-13/h2-7H,8H2,1H3,(H,22,26)(H,23,25). The van der Waals surface area contributed by atoms with Gasteiger partial charge < -0.3 is 19.9 Å². The summed E-state index contributed by atoms with van der Waals surface area (Å²) in [6, 6.07) is 8.97. The van der Waals surface area contributed by atoms with Gasteiger partial charge in [-0.2, -0.15) is 0 Å². The summed E-state index contributed by atoms with van der Waals surface area (Å²) in [6.07, 6.45) is 0. The number of carbonyl (C=O) groups is 2. The molecule has 0 atom stereocenters. The molecule has 0 unspecified atom stereocenters. The number of carbonyl (C=O) groups excluding carboxylic acids is 2. The lowest BCUT2D eigenvalue weighted by molar-refractivity contribution is -0.118. The van der Waals surface area contributed by atoms with E-state index in [4.69, 9.17) is 20.9 Å². The number of hydrogen-bond acceptors (Lipinski definition) is 5. The Hall–Kier alpha value is -3.39. The van der Waals surface area contributed by atoms with Gasteiger partial charge in [0.25, 0.3) is 11.8 Å². The van der Waals surface area contributed by atoms with Crippen molar-refractivity contribution in [3.05, 3.63) is 58.6 Å². The number of ether oxygens (including phenoxy) is 1. The summed E-state index contributed by atoms with van der Waals surface area (Å²) in [4.78, 5) is 24.2. The molecular weight excluding hydrogens is 389 g/mol. The topological polar surface area (TPSA) is 93.5 Å². The molecule has 0 aliphatic carbocycles. The number of aryl methyl sites for hydroxylation is 1. The second kappa shape index (κ2) is 6.97. The van der Waals surface area contributed by atoms with E-state index in [0.717, 1.165) is 0 Å². The first-order valence-electron chi connectivity index (χ1n) is 8.22. The molecule has 7 nitrogen and oxygen atoms in total. The number of hydrogen-bond donors (Lipinski definition) is 2. The number of amides is 2. The zero-order valence-corrected chi connectivity index (χ0v) is 15.3. The molecule has 2 amide bonds. The smallest absolute Gasteiger partial charge is 0.262 e. The number of rotatable bonds is 3. The number of halogens is 2. The van der Waals surface area contributed by atoms with Gasteiger partial charge in [-0.25, -0.2) is 4.39 Å². The number of anilines is 2. The van der Waals surface area contributed by atoms with E-state index in [1.807, 2.05) is 0 Å². The molecule has 1 aliphatic rings. The lowest BCUT2D eigenvalue weighted by Gasteiger charge is -2.18. The van der Waals surface area contributed by atoms with Crippen LogP contribution in [-0.4, -0.2) is 23.6 Å². The second-order valence-electron chi connectivity index (χ2n) is 6.06. The number of benzene rings is 2. The summed E-state index contributed by atoms with van der Waals surface area (Å²) in [5.41, 5.74) is 1.00. The predicted octanol–water partition coefficient (Wildman–Crippen LogP) is 4.03. The molecule has 1 aliphatic heterocycles. The van der Waals surface area contributed by atoms with E-state index < -0.39 is 11.7 Å². The first-order valence-corrected chi connectivity index (χ1v) is 8.60. The van der Waals surface area contributed by atoms with Crippen LogP contribution in [0.1, 0.15) is 16.1 Å². The highest BCUT2D eigenvalue weighted by molar-refractivity contribution is 6.33. The second-order valence-corrected chi connectivity index (χ2v) is 6.47. The minimum Gasteiger partial charge on any atom is -0.482 e. The first-order chi connectivity index (χ1) is 13.4. The maximum atomic E-state index is 14.3. The molecule has 2 N–H and O–H groups in total. The normalized spacial score (nSPS) is 12.8. The van der Waals surface area contributed by atoms with Crippen molar-refractivity contribution in [3.63, 3.8) is 0 Å². The third-order valence-electron chi connectivity index (χ3n) is 4.16. The number of nitrogens with zero attached hydrogens (tertiary/aromatic N) is 1. The molecule has 142 valence electrons. The molecule has 9 heteroatoms. The van der Waals surface area contributed by atoms with E-state index in [-0.39, 0.29) is 40.1 Å². The Kier molecular flexibility index (Phi) is 4.48. The van der Waals surface area contributed by atoms with Crippen molar-refractivity contribution in [2.24, 2.45) is 0 Å². The van der Waals surface area contributed by atoms with Crippen LogP contribution < -0.4 is 15.4 Å². The van der Waals surface area contributed by atoms with Gasteiger partial charge in [0, 0.05) is 11.8 Å². The molecule has 28 heavy (non-hydrogen) atoms. The molecule has 2 heterocycles. The zero-order valence-electron chi connectivity index (χ0n) is 14.5. The summed E-state index contributed by atoms with van der Waals surface area (Å²) >= 11 is 6.10. The molecule has 0 saturated carbocycles. The average molecular weight is 402 g/mol. The Morgan fingerprint density at radius 1 is 1.32 bits per heavy atom. The SMILES string of the molecule is Cc1onc(-c2c(F)cccc2Cl)c1C(=O)Nc1ccc2c(c1)OCC(=O)N2. The van der Waals surface area contributed by atoms with Gasteiger partial charge in [0.2, 0.25) is 0 Å². The Bertz CT molecular complexity index is 1090. The van der Waals surface area contributed by atoms with E-state index in [1.165, 1.54) is 18.2 Å². The molecular formula is C19H13ClFN3O4. The van der Waals surface area contributed by atoms with Crippen LogP contribution in [0.4, 0.5) is 15.8 Å². The largest absolute Gasteiger partial charge is 0.482 e. The molecule has 4 rings (SSSR count). The minimum absolute atomic E-state index is 0.0114. The number of nitrogens with one attached hydrogen (secondary N) is 2. The van der Waals surface area contributed by atoms with E-state index in [0.29, 0.717) is 17.1 Å². The number of fused-ring (bicyclic) bond motifs is 1. The van der Waals surface area contributed by atoms with Crippen molar-refractivity contribution in [2.75, 3.05) is 17.2 Å². The Morgan fingerprint density at radius 2 is 2.14 bits per heavy atom. The van der Waals surface area contributed by atoms with Crippen LogP contribution in [0.2, 0.25) is 5.02 Å². The van der Waals surface area contributed by atoms with Crippen molar-refractivity contribution in [1.29, 1.82) is 0 Å². The molecule has 0 spiro atoms. The molecule has 0 bridgehead atoms. The Balaban J connectivity index is 1.67. The van der Waals surface area contributed by atoms with Crippen LogP contribution in [-0.2, 0) is 4.79 Å². The van der Waals surface area contributed by atoms with Crippen molar-refractivity contribution in [3.8, 4) is 17.0 Å². The maximum Gasteiger partial charge on any atom is 0.262 e. The van der Waals surface area contributed by atoms with Gasteiger partial charge in [-0.05, 0) is 31.2 Å². The summed E-state index contributed by atoms with van der Waals surface area (Å²) in [5, 5.41) is 9.29. The van der Waals surface area contributed by atoms with Gasteiger partial charge in [-0.1, -0.05) is 22.8 Å². The zero-order chi connectivity index (χ0) is 19.8. The van der Waals surface area contributed by atoms with E-state index >= 15 is 0 Å². The van der Waals surface area contributed by atoms with Crippen molar-refractivity contribution < 1.29 is 23.2 Å². The van der Waals surface area contributed by atoms with Crippen LogP contribution in [0.5, 0.6) is 5.75 Å². The summed E-state index contributed by atoms with van der Waals surface area (Å²) in [7, 11) is 0. The Morgan fingerprint density at radius 3 is 2.93 bits per heavy atom. The summed E-state index contributed by atoms with van der Waals surface area (Å²) in [5.74, 6) is -0.776. The quantitative estimate of drug-likeness (QED) is 0.691. The lowest BCUT2D eigenvalue weighted by atomic mass is 10.0. The lowest BCUT2D eigenvalue weighted by Crippen LogP contribution is -2.25. The van der Waals surface area contributed by atoms with Gasteiger partial charge in [0.05, 0.1) is 16.3 Å². The fourth-order valence-corrected chi connectivity index (χ4v) is 3.13. The van der Waals surface area contributed by atoms with Gasteiger partial charge >= 0.3 is 0 Å². The molecule has 0 fully saturated rings. The van der Waals surface area contributed by atoms with Gasteiger partial charge in [0.15, 0.2) is 6.61 Å². The summed E-state index contributed by atoms with van der Waals surface area (Å²) in [6.45, 7) is 1.44. The predicted molar refractivity (Wildman–Crippen MR) is 100 cm³/mol. The molecule has 2 aromatic carbocycles. The van der Waals surface area contributed by atoms with Gasteiger partial charge in [0.1, 0.15) is 28.6 Å². The fraction of sp³-hybridized carbons (Fsp3) is 0.105. The van der Waals surface area contributed by atoms with Crippen LogP contribution in [0.25, 0.3) is 11.3 Å². The van der Waals surface area contributed by atoms with Crippen LogP contribution in [0.15, 0.2) is 40.9 Å². The summed E-state index contributed by atoms with van der Waals surface area (Å²) < 4.78 is 24.7.